The van der Waals surface area contributed by atoms with Gasteiger partial charge in [0.25, 0.3) is 0 Å². The minimum absolute atomic E-state index is 0.416. The monoisotopic (exact) mass is 163 g/mol. The molecule has 2 heteroatoms. The standard InChI is InChI=1S/C10H13NO/c1-8-2-5-11-9(6-8)7-10(12)3-4-10/h2,5-6,12H,3-4,7H2,1H3. The van der Waals surface area contributed by atoms with Crippen LogP contribution in [-0.4, -0.2) is 15.7 Å². The summed E-state index contributed by atoms with van der Waals surface area (Å²) in [5.41, 5.74) is 1.81. The van der Waals surface area contributed by atoms with Gasteiger partial charge in [0.1, 0.15) is 0 Å². The van der Waals surface area contributed by atoms with Crippen LogP contribution in [0.2, 0.25) is 0 Å². The molecule has 0 spiro atoms. The molecule has 0 aromatic carbocycles. The van der Waals surface area contributed by atoms with E-state index in [-0.39, 0.29) is 0 Å². The summed E-state index contributed by atoms with van der Waals surface area (Å²) in [5.74, 6) is 0. The van der Waals surface area contributed by atoms with E-state index in [2.05, 4.69) is 4.98 Å². The summed E-state index contributed by atoms with van der Waals surface area (Å²) in [6.07, 6.45) is 4.39. The van der Waals surface area contributed by atoms with Crippen LogP contribution in [-0.2, 0) is 6.42 Å². The Hall–Kier alpha value is -0.890. The summed E-state index contributed by atoms with van der Waals surface area (Å²) in [6, 6.07) is 4.01. The van der Waals surface area contributed by atoms with E-state index in [0.717, 1.165) is 18.5 Å². The van der Waals surface area contributed by atoms with Crippen molar-refractivity contribution in [1.82, 2.24) is 4.98 Å². The van der Waals surface area contributed by atoms with Gasteiger partial charge in [-0.2, -0.15) is 0 Å². The van der Waals surface area contributed by atoms with Gasteiger partial charge in [0.05, 0.1) is 5.60 Å². The Morgan fingerprint density at radius 2 is 2.33 bits per heavy atom. The van der Waals surface area contributed by atoms with Crippen molar-refractivity contribution in [3.8, 4) is 0 Å². The molecule has 0 bridgehead atoms. The van der Waals surface area contributed by atoms with Crippen LogP contribution in [0, 0.1) is 6.92 Å². The van der Waals surface area contributed by atoms with Gasteiger partial charge >= 0.3 is 0 Å². The lowest BCUT2D eigenvalue weighted by molar-refractivity contribution is 0.150. The molecule has 1 aliphatic rings. The van der Waals surface area contributed by atoms with E-state index in [1.165, 1.54) is 5.56 Å². The average molecular weight is 163 g/mol. The Bertz CT molecular complexity index is 292. The molecule has 1 aliphatic carbocycles. The van der Waals surface area contributed by atoms with Crippen molar-refractivity contribution in [3.05, 3.63) is 29.6 Å². The maximum atomic E-state index is 9.63. The predicted octanol–water partition coefficient (Wildman–Crippen LogP) is 1.46. The highest BCUT2D eigenvalue weighted by Crippen LogP contribution is 2.37. The van der Waals surface area contributed by atoms with Gasteiger partial charge in [0.15, 0.2) is 0 Å². The van der Waals surface area contributed by atoms with Gasteiger partial charge in [-0.3, -0.25) is 4.98 Å². The summed E-state index contributed by atoms with van der Waals surface area (Å²) < 4.78 is 0. The minimum atomic E-state index is -0.416. The number of aromatic nitrogens is 1. The van der Waals surface area contributed by atoms with Gasteiger partial charge in [-0.1, -0.05) is 0 Å². The third-order valence-electron chi connectivity index (χ3n) is 2.31. The van der Waals surface area contributed by atoms with Crippen LogP contribution in [0.4, 0.5) is 0 Å². The maximum Gasteiger partial charge on any atom is 0.0705 e. The molecule has 12 heavy (non-hydrogen) atoms. The summed E-state index contributed by atoms with van der Waals surface area (Å²) in [7, 11) is 0. The second-order valence-corrected chi connectivity index (χ2v) is 3.73. The third kappa shape index (κ3) is 1.64. The van der Waals surface area contributed by atoms with Crippen LogP contribution < -0.4 is 0 Å². The number of hydrogen-bond acceptors (Lipinski definition) is 2. The van der Waals surface area contributed by atoms with E-state index < -0.39 is 5.60 Å². The normalized spacial score (nSPS) is 19.2. The molecule has 2 nitrogen and oxygen atoms in total. The zero-order valence-corrected chi connectivity index (χ0v) is 7.25. The molecule has 1 aromatic rings. The van der Waals surface area contributed by atoms with Crippen LogP contribution in [0.15, 0.2) is 18.3 Å². The molecule has 0 unspecified atom stereocenters. The van der Waals surface area contributed by atoms with E-state index in [1.54, 1.807) is 6.20 Å². The molecular formula is C10H13NO. The fourth-order valence-electron chi connectivity index (χ4n) is 1.35. The van der Waals surface area contributed by atoms with Gasteiger partial charge in [-0.15, -0.1) is 0 Å². The van der Waals surface area contributed by atoms with Gasteiger partial charge in [0, 0.05) is 18.3 Å². The molecule has 64 valence electrons. The topological polar surface area (TPSA) is 33.1 Å². The first kappa shape index (κ1) is 7.74. The Balaban J connectivity index is 2.12. The van der Waals surface area contributed by atoms with Crippen LogP contribution >= 0.6 is 0 Å². The SMILES string of the molecule is Cc1ccnc(CC2(O)CC2)c1. The van der Waals surface area contributed by atoms with Crippen molar-refractivity contribution in [2.24, 2.45) is 0 Å². The average Bonchev–Trinajstić information content (AvgIpc) is 2.67. The first-order valence-electron chi connectivity index (χ1n) is 4.32. The highest BCUT2D eigenvalue weighted by atomic mass is 16.3. The molecule has 0 atom stereocenters. The molecule has 1 fully saturated rings. The van der Waals surface area contributed by atoms with Crippen molar-refractivity contribution in [2.75, 3.05) is 0 Å². The highest BCUT2D eigenvalue weighted by molar-refractivity contribution is 5.17. The zero-order valence-electron chi connectivity index (χ0n) is 7.25. The molecule has 1 N–H and O–H groups in total. The van der Waals surface area contributed by atoms with Crippen LogP contribution in [0.3, 0.4) is 0 Å². The summed E-state index contributed by atoms with van der Waals surface area (Å²) in [6.45, 7) is 2.04. The summed E-state index contributed by atoms with van der Waals surface area (Å²) in [4.78, 5) is 4.20. The second-order valence-electron chi connectivity index (χ2n) is 3.73. The van der Waals surface area contributed by atoms with Crippen molar-refractivity contribution in [1.29, 1.82) is 0 Å². The van der Waals surface area contributed by atoms with Gasteiger partial charge < -0.3 is 5.11 Å². The minimum Gasteiger partial charge on any atom is -0.389 e. The largest absolute Gasteiger partial charge is 0.389 e. The fourth-order valence-corrected chi connectivity index (χ4v) is 1.35. The number of rotatable bonds is 2. The van der Waals surface area contributed by atoms with Crippen molar-refractivity contribution in [2.45, 2.75) is 31.8 Å². The lowest BCUT2D eigenvalue weighted by Gasteiger charge is -2.06. The smallest absolute Gasteiger partial charge is 0.0705 e. The number of aryl methyl sites for hydroxylation is 1. The molecule has 0 radical (unpaired) electrons. The fraction of sp³-hybridized carbons (Fsp3) is 0.500. The Kier molecular flexibility index (Phi) is 1.65. The van der Waals surface area contributed by atoms with E-state index in [4.69, 9.17) is 0 Å². The third-order valence-corrected chi connectivity index (χ3v) is 2.31. The second kappa shape index (κ2) is 2.56. The number of pyridine rings is 1. The molecule has 1 aromatic heterocycles. The summed E-state index contributed by atoms with van der Waals surface area (Å²) in [5, 5.41) is 9.63. The number of aliphatic hydroxyl groups is 1. The predicted molar refractivity (Wildman–Crippen MR) is 46.9 cm³/mol. The van der Waals surface area contributed by atoms with E-state index >= 15 is 0 Å². The number of nitrogens with zero attached hydrogens (tertiary/aromatic N) is 1. The first-order chi connectivity index (χ1) is 5.68. The van der Waals surface area contributed by atoms with Crippen LogP contribution in [0.1, 0.15) is 24.1 Å². The van der Waals surface area contributed by atoms with Gasteiger partial charge in [0.2, 0.25) is 0 Å². The molecule has 2 rings (SSSR count). The van der Waals surface area contributed by atoms with E-state index in [9.17, 15) is 5.11 Å². The van der Waals surface area contributed by atoms with Crippen LogP contribution in [0.25, 0.3) is 0 Å². The maximum absolute atomic E-state index is 9.63. The van der Waals surface area contributed by atoms with E-state index in [0.29, 0.717) is 6.42 Å². The van der Waals surface area contributed by atoms with Gasteiger partial charge in [-0.05, 0) is 37.5 Å². The molecular weight excluding hydrogens is 150 g/mol. The summed E-state index contributed by atoms with van der Waals surface area (Å²) >= 11 is 0. The Morgan fingerprint density at radius 1 is 1.58 bits per heavy atom. The zero-order chi connectivity index (χ0) is 8.60. The molecule has 1 saturated carbocycles. The van der Waals surface area contributed by atoms with Crippen molar-refractivity contribution < 1.29 is 5.11 Å². The lowest BCUT2D eigenvalue weighted by Crippen LogP contribution is -2.11. The molecule has 0 saturated heterocycles. The van der Waals surface area contributed by atoms with E-state index in [1.807, 2.05) is 19.1 Å². The van der Waals surface area contributed by atoms with Crippen molar-refractivity contribution >= 4 is 0 Å². The lowest BCUT2D eigenvalue weighted by atomic mass is 10.1. The highest BCUT2D eigenvalue weighted by Gasteiger charge is 2.40. The quantitative estimate of drug-likeness (QED) is 0.716. The van der Waals surface area contributed by atoms with Crippen LogP contribution in [0.5, 0.6) is 0 Å². The molecule has 1 heterocycles. The molecule has 0 amide bonds. The Labute approximate surface area is 72.3 Å². The van der Waals surface area contributed by atoms with Crippen molar-refractivity contribution in [3.63, 3.8) is 0 Å². The van der Waals surface area contributed by atoms with Gasteiger partial charge in [-0.25, -0.2) is 0 Å². The first-order valence-corrected chi connectivity index (χ1v) is 4.32. The Morgan fingerprint density at radius 3 is 2.92 bits per heavy atom. The molecule has 0 aliphatic heterocycles. The number of hydrogen-bond donors (Lipinski definition) is 1.